The van der Waals surface area contributed by atoms with Crippen molar-refractivity contribution in [3.63, 3.8) is 0 Å². The maximum absolute atomic E-state index is 5.91. The lowest BCUT2D eigenvalue weighted by molar-refractivity contribution is 0.101. The SMILES string of the molecule is CNc1nc(N[C@H]2CCO[C@@H]2c2ccnn2C)nc2ccccc12. The highest BCUT2D eigenvalue weighted by molar-refractivity contribution is 5.89. The van der Waals surface area contributed by atoms with E-state index in [-0.39, 0.29) is 12.1 Å². The molecule has 0 aliphatic carbocycles. The van der Waals surface area contributed by atoms with Crippen molar-refractivity contribution >= 4 is 22.7 Å². The number of rotatable bonds is 4. The zero-order chi connectivity index (χ0) is 16.5. The van der Waals surface area contributed by atoms with Gasteiger partial charge in [0, 0.05) is 32.3 Å². The lowest BCUT2D eigenvalue weighted by Gasteiger charge is -2.20. The van der Waals surface area contributed by atoms with Gasteiger partial charge >= 0.3 is 0 Å². The number of para-hydroxylation sites is 1. The molecular formula is C17H20N6O. The fourth-order valence-electron chi connectivity index (χ4n) is 3.19. The van der Waals surface area contributed by atoms with Gasteiger partial charge < -0.3 is 15.4 Å². The second-order valence-electron chi connectivity index (χ2n) is 5.87. The minimum absolute atomic E-state index is 0.0504. The van der Waals surface area contributed by atoms with Gasteiger partial charge in [0.25, 0.3) is 0 Å². The maximum Gasteiger partial charge on any atom is 0.225 e. The van der Waals surface area contributed by atoms with Gasteiger partial charge in [0.15, 0.2) is 0 Å². The van der Waals surface area contributed by atoms with Gasteiger partial charge in [-0.2, -0.15) is 10.1 Å². The average Bonchev–Trinajstić information content (AvgIpc) is 3.22. The number of nitrogens with one attached hydrogen (secondary N) is 2. The van der Waals surface area contributed by atoms with Crippen molar-refractivity contribution in [3.8, 4) is 0 Å². The predicted octanol–water partition coefficient (Wildman–Crippen LogP) is 2.35. The standard InChI is InChI=1S/C17H20N6O/c1-18-16-11-5-3-4-6-12(11)20-17(22-16)21-13-8-10-24-15(13)14-7-9-19-23(14)2/h3-7,9,13,15H,8,10H2,1-2H3,(H2,18,20,21,22)/t13-,15-/m0/s1. The molecule has 2 atom stereocenters. The molecule has 1 aliphatic heterocycles. The molecule has 3 aromatic rings. The molecule has 0 bridgehead atoms. The van der Waals surface area contributed by atoms with Gasteiger partial charge in [-0.3, -0.25) is 4.68 Å². The molecule has 0 saturated carbocycles. The number of anilines is 2. The monoisotopic (exact) mass is 324 g/mol. The molecule has 1 fully saturated rings. The summed E-state index contributed by atoms with van der Waals surface area (Å²) in [4.78, 5) is 9.26. The highest BCUT2D eigenvalue weighted by Gasteiger charge is 2.32. The van der Waals surface area contributed by atoms with E-state index in [0.29, 0.717) is 12.6 Å². The lowest BCUT2D eigenvalue weighted by atomic mass is 10.1. The third kappa shape index (κ3) is 2.56. The van der Waals surface area contributed by atoms with Crippen LogP contribution in [-0.2, 0) is 11.8 Å². The summed E-state index contributed by atoms with van der Waals surface area (Å²) in [5, 5.41) is 11.8. The zero-order valence-electron chi connectivity index (χ0n) is 13.7. The Kier molecular flexibility index (Phi) is 3.78. The van der Waals surface area contributed by atoms with Crippen molar-refractivity contribution < 1.29 is 4.74 Å². The van der Waals surface area contributed by atoms with E-state index in [1.165, 1.54) is 0 Å². The zero-order valence-corrected chi connectivity index (χ0v) is 13.7. The van der Waals surface area contributed by atoms with Crippen LogP contribution in [0, 0.1) is 0 Å². The third-order valence-electron chi connectivity index (χ3n) is 4.40. The highest BCUT2D eigenvalue weighted by atomic mass is 16.5. The topological polar surface area (TPSA) is 76.9 Å². The van der Waals surface area contributed by atoms with Gasteiger partial charge in [0.05, 0.1) is 17.3 Å². The Morgan fingerprint density at radius 1 is 1.21 bits per heavy atom. The Balaban J connectivity index is 1.65. The van der Waals surface area contributed by atoms with Crippen LogP contribution in [0.25, 0.3) is 10.9 Å². The van der Waals surface area contributed by atoms with E-state index in [0.717, 1.165) is 28.8 Å². The van der Waals surface area contributed by atoms with Crippen LogP contribution in [0.15, 0.2) is 36.5 Å². The molecule has 24 heavy (non-hydrogen) atoms. The van der Waals surface area contributed by atoms with E-state index in [4.69, 9.17) is 4.74 Å². The van der Waals surface area contributed by atoms with Crippen LogP contribution in [0.5, 0.6) is 0 Å². The van der Waals surface area contributed by atoms with Crippen LogP contribution in [0.1, 0.15) is 18.2 Å². The van der Waals surface area contributed by atoms with Gasteiger partial charge in [0.2, 0.25) is 5.95 Å². The van der Waals surface area contributed by atoms with Crippen molar-refractivity contribution in [2.45, 2.75) is 18.6 Å². The van der Waals surface area contributed by atoms with E-state index in [2.05, 4.69) is 25.7 Å². The van der Waals surface area contributed by atoms with Crippen LogP contribution >= 0.6 is 0 Å². The minimum Gasteiger partial charge on any atom is -0.372 e. The van der Waals surface area contributed by atoms with Crippen molar-refractivity contribution in [1.82, 2.24) is 19.7 Å². The maximum atomic E-state index is 5.91. The summed E-state index contributed by atoms with van der Waals surface area (Å²) in [5.41, 5.74) is 1.97. The molecule has 1 aromatic carbocycles. The van der Waals surface area contributed by atoms with Crippen LogP contribution in [0.2, 0.25) is 0 Å². The van der Waals surface area contributed by atoms with Gasteiger partial charge in [-0.05, 0) is 24.6 Å². The van der Waals surface area contributed by atoms with Crippen LogP contribution in [-0.4, -0.2) is 39.4 Å². The average molecular weight is 324 g/mol. The number of benzene rings is 1. The fourth-order valence-corrected chi connectivity index (χ4v) is 3.19. The third-order valence-corrected chi connectivity index (χ3v) is 4.40. The van der Waals surface area contributed by atoms with Crippen LogP contribution in [0.3, 0.4) is 0 Å². The lowest BCUT2D eigenvalue weighted by Crippen LogP contribution is -2.26. The molecule has 2 N–H and O–H groups in total. The molecule has 0 radical (unpaired) electrons. The summed E-state index contributed by atoms with van der Waals surface area (Å²) >= 11 is 0. The molecular weight excluding hydrogens is 304 g/mol. The van der Waals surface area contributed by atoms with E-state index < -0.39 is 0 Å². The van der Waals surface area contributed by atoms with Crippen LogP contribution in [0.4, 0.5) is 11.8 Å². The minimum atomic E-state index is -0.0504. The van der Waals surface area contributed by atoms with Crippen molar-refractivity contribution in [2.75, 3.05) is 24.3 Å². The number of aryl methyl sites for hydroxylation is 1. The number of aromatic nitrogens is 4. The number of hydrogen-bond acceptors (Lipinski definition) is 6. The summed E-state index contributed by atoms with van der Waals surface area (Å²) in [7, 11) is 3.80. The summed E-state index contributed by atoms with van der Waals surface area (Å²) in [6, 6.07) is 10.1. The van der Waals surface area contributed by atoms with Crippen molar-refractivity contribution in [2.24, 2.45) is 7.05 Å². The first-order valence-corrected chi connectivity index (χ1v) is 8.07. The molecule has 3 heterocycles. The van der Waals surface area contributed by atoms with Gasteiger partial charge in [0.1, 0.15) is 11.9 Å². The smallest absolute Gasteiger partial charge is 0.225 e. The quantitative estimate of drug-likeness (QED) is 0.767. The molecule has 4 rings (SSSR count). The Bertz CT molecular complexity index is 861. The molecule has 7 nitrogen and oxygen atoms in total. The number of ether oxygens (including phenoxy) is 1. The second kappa shape index (κ2) is 6.09. The molecule has 1 aliphatic rings. The Morgan fingerprint density at radius 3 is 2.88 bits per heavy atom. The fraction of sp³-hybridized carbons (Fsp3) is 0.353. The first kappa shape index (κ1) is 14.9. The van der Waals surface area contributed by atoms with E-state index in [9.17, 15) is 0 Å². The Hall–Kier alpha value is -2.67. The largest absolute Gasteiger partial charge is 0.372 e. The molecule has 124 valence electrons. The van der Waals surface area contributed by atoms with Gasteiger partial charge in [-0.1, -0.05) is 12.1 Å². The number of fused-ring (bicyclic) bond motifs is 1. The first-order valence-electron chi connectivity index (χ1n) is 8.07. The molecule has 0 unspecified atom stereocenters. The van der Waals surface area contributed by atoms with Gasteiger partial charge in [-0.15, -0.1) is 0 Å². The second-order valence-corrected chi connectivity index (χ2v) is 5.87. The summed E-state index contributed by atoms with van der Waals surface area (Å²) < 4.78 is 7.76. The van der Waals surface area contributed by atoms with Crippen molar-refractivity contribution in [1.29, 1.82) is 0 Å². The molecule has 1 saturated heterocycles. The summed E-state index contributed by atoms with van der Waals surface area (Å²) in [6.07, 6.45) is 2.64. The molecule has 2 aromatic heterocycles. The molecule has 0 amide bonds. The van der Waals surface area contributed by atoms with Gasteiger partial charge in [-0.25, -0.2) is 4.98 Å². The molecule has 0 spiro atoms. The predicted molar refractivity (Wildman–Crippen MR) is 93.0 cm³/mol. The first-order chi connectivity index (χ1) is 11.8. The summed E-state index contributed by atoms with van der Waals surface area (Å²) in [5.74, 6) is 1.43. The molecule has 7 heteroatoms. The normalized spacial score (nSPS) is 20.4. The Labute approximate surface area is 140 Å². The highest BCUT2D eigenvalue weighted by Crippen LogP contribution is 2.31. The van der Waals surface area contributed by atoms with Crippen molar-refractivity contribution in [3.05, 3.63) is 42.2 Å². The summed E-state index contributed by atoms with van der Waals surface area (Å²) in [6.45, 7) is 0.708. The van der Waals surface area contributed by atoms with E-state index in [1.807, 2.05) is 49.1 Å². The number of hydrogen-bond donors (Lipinski definition) is 2. The Morgan fingerprint density at radius 2 is 2.08 bits per heavy atom. The van der Waals surface area contributed by atoms with Crippen LogP contribution < -0.4 is 10.6 Å². The number of nitrogens with zero attached hydrogens (tertiary/aromatic N) is 4. The van der Waals surface area contributed by atoms with E-state index >= 15 is 0 Å². The van der Waals surface area contributed by atoms with E-state index in [1.54, 1.807) is 6.20 Å².